The van der Waals surface area contributed by atoms with E-state index in [1.807, 2.05) is 19.1 Å². The minimum atomic E-state index is 0.426. The Labute approximate surface area is 75.3 Å². The first-order valence-electron chi connectivity index (χ1n) is 4.00. The first kappa shape index (κ1) is 7.91. The minimum Gasteiger partial charge on any atom is -0.446 e. The van der Waals surface area contributed by atoms with E-state index in [4.69, 9.17) is 14.7 Å². The zero-order valence-corrected chi connectivity index (χ0v) is 7.28. The number of furan rings is 1. The van der Waals surface area contributed by atoms with Gasteiger partial charge in [0, 0.05) is 12.1 Å². The molecule has 0 unspecified atom stereocenters. The second kappa shape index (κ2) is 2.97. The van der Waals surface area contributed by atoms with Gasteiger partial charge in [-0.05, 0) is 13.0 Å². The molecule has 2 rings (SSSR count). The molecule has 4 nitrogen and oxygen atoms in total. The van der Waals surface area contributed by atoms with Crippen LogP contribution in [-0.4, -0.2) is 5.16 Å². The molecule has 0 saturated heterocycles. The average molecular weight is 178 g/mol. The fourth-order valence-corrected chi connectivity index (χ4v) is 1.17. The van der Waals surface area contributed by atoms with Crippen LogP contribution in [0, 0.1) is 6.92 Å². The summed E-state index contributed by atoms with van der Waals surface area (Å²) in [6.45, 7) is 1.85. The predicted molar refractivity (Wildman–Crippen MR) is 47.2 cm³/mol. The number of nitrogens with two attached hydrogens (primary N) is 1. The molecular formula is C9H10N2O2. The van der Waals surface area contributed by atoms with Crippen molar-refractivity contribution in [3.8, 4) is 0 Å². The van der Waals surface area contributed by atoms with Crippen LogP contribution in [0.3, 0.4) is 0 Å². The lowest BCUT2D eigenvalue weighted by Gasteiger charge is -1.89. The van der Waals surface area contributed by atoms with Gasteiger partial charge in [0.1, 0.15) is 11.5 Å². The predicted octanol–water partition coefficient (Wildman–Crippen LogP) is 1.75. The maximum atomic E-state index is 5.43. The Bertz CT molecular complexity index is 365. The number of nitrogens with zero attached hydrogens (tertiary/aromatic N) is 1. The Morgan fingerprint density at radius 3 is 2.85 bits per heavy atom. The second-order valence-corrected chi connectivity index (χ2v) is 2.91. The maximum Gasteiger partial charge on any atom is 0.190 e. The molecule has 13 heavy (non-hydrogen) atoms. The molecule has 2 aromatic rings. The largest absolute Gasteiger partial charge is 0.446 e. The molecule has 2 heterocycles. The maximum absolute atomic E-state index is 5.43. The molecule has 0 aliphatic heterocycles. The standard InChI is InChI=1S/C9H10N2O2/c1-6-4-7(11-13-6)5-8-2-3-9(10)12-8/h2-4H,5,10H2,1H3. The van der Waals surface area contributed by atoms with Crippen molar-refractivity contribution in [2.24, 2.45) is 0 Å². The van der Waals surface area contributed by atoms with Gasteiger partial charge in [0.15, 0.2) is 5.88 Å². The number of aromatic nitrogens is 1. The van der Waals surface area contributed by atoms with Crippen molar-refractivity contribution >= 4 is 5.88 Å². The van der Waals surface area contributed by atoms with E-state index in [1.54, 1.807) is 6.07 Å². The zero-order valence-electron chi connectivity index (χ0n) is 7.28. The lowest BCUT2D eigenvalue weighted by atomic mass is 10.2. The molecule has 68 valence electrons. The molecule has 0 aromatic carbocycles. The summed E-state index contributed by atoms with van der Waals surface area (Å²) < 4.78 is 10.1. The van der Waals surface area contributed by atoms with E-state index in [-0.39, 0.29) is 0 Å². The van der Waals surface area contributed by atoms with Gasteiger partial charge in [-0.2, -0.15) is 0 Å². The van der Waals surface area contributed by atoms with E-state index in [9.17, 15) is 0 Å². The lowest BCUT2D eigenvalue weighted by molar-refractivity contribution is 0.390. The normalized spacial score (nSPS) is 10.5. The van der Waals surface area contributed by atoms with E-state index in [0.717, 1.165) is 17.2 Å². The quantitative estimate of drug-likeness (QED) is 0.760. The van der Waals surface area contributed by atoms with Crippen LogP contribution in [-0.2, 0) is 6.42 Å². The Morgan fingerprint density at radius 1 is 1.46 bits per heavy atom. The summed E-state index contributed by atoms with van der Waals surface area (Å²) in [7, 11) is 0. The van der Waals surface area contributed by atoms with Crippen molar-refractivity contribution in [3.05, 3.63) is 35.4 Å². The third-order valence-corrected chi connectivity index (χ3v) is 1.71. The summed E-state index contributed by atoms with van der Waals surface area (Å²) in [4.78, 5) is 0. The molecule has 0 saturated carbocycles. The van der Waals surface area contributed by atoms with Gasteiger partial charge < -0.3 is 14.7 Å². The van der Waals surface area contributed by atoms with Gasteiger partial charge in [0.25, 0.3) is 0 Å². The molecule has 2 aromatic heterocycles. The monoisotopic (exact) mass is 178 g/mol. The summed E-state index contributed by atoms with van der Waals surface area (Å²) in [6, 6.07) is 5.43. The Morgan fingerprint density at radius 2 is 2.31 bits per heavy atom. The highest BCUT2D eigenvalue weighted by molar-refractivity contribution is 5.27. The van der Waals surface area contributed by atoms with E-state index in [1.165, 1.54) is 0 Å². The van der Waals surface area contributed by atoms with Crippen molar-refractivity contribution in [1.29, 1.82) is 0 Å². The number of hydrogen-bond donors (Lipinski definition) is 1. The molecule has 0 amide bonds. The Balaban J connectivity index is 2.14. The zero-order chi connectivity index (χ0) is 9.26. The molecule has 0 aliphatic rings. The second-order valence-electron chi connectivity index (χ2n) is 2.91. The van der Waals surface area contributed by atoms with Crippen molar-refractivity contribution in [3.63, 3.8) is 0 Å². The fraction of sp³-hybridized carbons (Fsp3) is 0.222. The van der Waals surface area contributed by atoms with Crippen LogP contribution in [0.4, 0.5) is 5.88 Å². The molecule has 4 heteroatoms. The van der Waals surface area contributed by atoms with Crippen LogP contribution < -0.4 is 5.73 Å². The summed E-state index contributed by atoms with van der Waals surface area (Å²) in [6.07, 6.45) is 0.620. The van der Waals surface area contributed by atoms with Gasteiger partial charge in [-0.25, -0.2) is 0 Å². The molecule has 0 radical (unpaired) electrons. The third kappa shape index (κ3) is 1.72. The van der Waals surface area contributed by atoms with Gasteiger partial charge in [-0.1, -0.05) is 5.16 Å². The van der Waals surface area contributed by atoms with Gasteiger partial charge >= 0.3 is 0 Å². The highest BCUT2D eigenvalue weighted by Gasteiger charge is 2.04. The first-order chi connectivity index (χ1) is 6.24. The molecule has 0 spiro atoms. The molecular weight excluding hydrogens is 168 g/mol. The number of rotatable bonds is 2. The summed E-state index contributed by atoms with van der Waals surface area (Å²) in [5.41, 5.74) is 6.28. The Hall–Kier alpha value is -1.71. The van der Waals surface area contributed by atoms with Gasteiger partial charge in [0.2, 0.25) is 0 Å². The SMILES string of the molecule is Cc1cc(Cc2ccc(N)o2)no1. The van der Waals surface area contributed by atoms with E-state index >= 15 is 0 Å². The first-order valence-corrected chi connectivity index (χ1v) is 4.00. The summed E-state index contributed by atoms with van der Waals surface area (Å²) in [5.74, 6) is 2.02. The number of aryl methyl sites for hydroxylation is 1. The lowest BCUT2D eigenvalue weighted by Crippen LogP contribution is -1.84. The third-order valence-electron chi connectivity index (χ3n) is 1.71. The van der Waals surface area contributed by atoms with Crippen molar-refractivity contribution < 1.29 is 8.94 Å². The molecule has 0 bridgehead atoms. The Kier molecular flexibility index (Phi) is 1.81. The van der Waals surface area contributed by atoms with Crippen LogP contribution in [0.2, 0.25) is 0 Å². The topological polar surface area (TPSA) is 65.2 Å². The van der Waals surface area contributed by atoms with E-state index in [0.29, 0.717) is 12.3 Å². The van der Waals surface area contributed by atoms with Crippen molar-refractivity contribution in [2.45, 2.75) is 13.3 Å². The number of hydrogen-bond acceptors (Lipinski definition) is 4. The van der Waals surface area contributed by atoms with Crippen LogP contribution in [0.1, 0.15) is 17.2 Å². The summed E-state index contributed by atoms with van der Waals surface area (Å²) in [5, 5.41) is 3.84. The van der Waals surface area contributed by atoms with Crippen LogP contribution in [0.15, 0.2) is 27.1 Å². The molecule has 0 atom stereocenters. The van der Waals surface area contributed by atoms with Crippen molar-refractivity contribution in [2.75, 3.05) is 5.73 Å². The van der Waals surface area contributed by atoms with Crippen LogP contribution in [0.25, 0.3) is 0 Å². The van der Waals surface area contributed by atoms with E-state index < -0.39 is 0 Å². The van der Waals surface area contributed by atoms with Gasteiger partial charge in [0.05, 0.1) is 12.1 Å². The number of nitrogen functional groups attached to an aromatic ring is 1. The average Bonchev–Trinajstić information content (AvgIpc) is 2.62. The highest BCUT2D eigenvalue weighted by Crippen LogP contribution is 2.13. The molecule has 0 aliphatic carbocycles. The number of anilines is 1. The highest BCUT2D eigenvalue weighted by atomic mass is 16.5. The van der Waals surface area contributed by atoms with Crippen LogP contribution in [0.5, 0.6) is 0 Å². The van der Waals surface area contributed by atoms with Crippen LogP contribution >= 0.6 is 0 Å². The van der Waals surface area contributed by atoms with E-state index in [2.05, 4.69) is 5.16 Å². The fourth-order valence-electron chi connectivity index (χ4n) is 1.17. The van der Waals surface area contributed by atoms with Gasteiger partial charge in [-0.3, -0.25) is 0 Å². The minimum absolute atomic E-state index is 0.426. The van der Waals surface area contributed by atoms with Gasteiger partial charge in [-0.15, -0.1) is 0 Å². The summed E-state index contributed by atoms with van der Waals surface area (Å²) >= 11 is 0. The smallest absolute Gasteiger partial charge is 0.190 e. The molecule has 0 fully saturated rings. The molecule has 2 N–H and O–H groups in total. The van der Waals surface area contributed by atoms with Crippen molar-refractivity contribution in [1.82, 2.24) is 5.16 Å².